The SMILES string of the molecule is CC(=O)OC(C(=O)O)C(C)(C)c1ccccc1OCc1ccnn1C(F)C(F)F.COc1ccccc1. The van der Waals surface area contributed by atoms with Crippen LogP contribution in [0.25, 0.3) is 0 Å². The molecule has 2 unspecified atom stereocenters. The molecule has 0 saturated heterocycles. The third-order valence-corrected chi connectivity index (χ3v) is 5.29. The monoisotopic (exact) mass is 522 g/mol. The molecule has 1 aromatic heterocycles. The lowest BCUT2D eigenvalue weighted by Crippen LogP contribution is -2.43. The number of carbonyl (C=O) groups excluding carboxylic acids is 1. The van der Waals surface area contributed by atoms with E-state index in [0.29, 0.717) is 10.2 Å². The van der Waals surface area contributed by atoms with Crippen LogP contribution in [0.5, 0.6) is 11.5 Å². The lowest BCUT2D eigenvalue weighted by molar-refractivity contribution is -0.167. The van der Waals surface area contributed by atoms with E-state index in [1.165, 1.54) is 12.3 Å². The summed E-state index contributed by atoms with van der Waals surface area (Å²) in [6, 6.07) is 17.4. The smallest absolute Gasteiger partial charge is 0.345 e. The molecule has 0 saturated carbocycles. The summed E-state index contributed by atoms with van der Waals surface area (Å²) in [5.41, 5.74) is -0.717. The zero-order chi connectivity index (χ0) is 27.6. The van der Waals surface area contributed by atoms with Crippen LogP contribution in [0.3, 0.4) is 0 Å². The van der Waals surface area contributed by atoms with Gasteiger partial charge in [0, 0.05) is 24.1 Å². The fourth-order valence-electron chi connectivity index (χ4n) is 3.43. The second kappa shape index (κ2) is 13.3. The van der Waals surface area contributed by atoms with Crippen molar-refractivity contribution in [1.82, 2.24) is 9.78 Å². The van der Waals surface area contributed by atoms with Gasteiger partial charge in [-0.2, -0.15) is 5.10 Å². The van der Waals surface area contributed by atoms with Crippen molar-refractivity contribution < 1.29 is 42.1 Å². The Morgan fingerprint density at radius 3 is 2.19 bits per heavy atom. The molecule has 0 amide bonds. The van der Waals surface area contributed by atoms with Crippen molar-refractivity contribution in [2.45, 2.75) is 51.6 Å². The minimum Gasteiger partial charge on any atom is -0.497 e. The van der Waals surface area contributed by atoms with Crippen molar-refractivity contribution in [3.05, 3.63) is 78.1 Å². The molecule has 0 fully saturated rings. The van der Waals surface area contributed by atoms with Crippen molar-refractivity contribution in [2.24, 2.45) is 0 Å². The Labute approximate surface area is 212 Å². The summed E-state index contributed by atoms with van der Waals surface area (Å²) < 4.78 is 55.0. The number of halogens is 3. The summed E-state index contributed by atoms with van der Waals surface area (Å²) in [4.78, 5) is 23.0. The first-order valence-electron chi connectivity index (χ1n) is 11.1. The summed E-state index contributed by atoms with van der Waals surface area (Å²) in [7, 11) is 1.66. The molecule has 2 aromatic carbocycles. The topological polar surface area (TPSA) is 99.9 Å². The molecule has 200 valence electrons. The maximum absolute atomic E-state index is 13.6. The van der Waals surface area contributed by atoms with Gasteiger partial charge >= 0.3 is 11.9 Å². The maximum Gasteiger partial charge on any atom is 0.345 e. The first kappa shape index (κ1) is 29.2. The number of carboxylic acids is 1. The van der Waals surface area contributed by atoms with Crippen molar-refractivity contribution in [2.75, 3.05) is 7.11 Å². The zero-order valence-corrected chi connectivity index (χ0v) is 20.8. The lowest BCUT2D eigenvalue weighted by atomic mass is 9.78. The molecule has 0 aliphatic rings. The van der Waals surface area contributed by atoms with Crippen LogP contribution in [0, 0.1) is 0 Å². The van der Waals surface area contributed by atoms with Crippen LogP contribution in [0.15, 0.2) is 66.9 Å². The second-order valence-electron chi connectivity index (χ2n) is 8.33. The normalized spacial score (nSPS) is 12.6. The molecule has 0 aliphatic carbocycles. The average Bonchev–Trinajstić information content (AvgIpc) is 3.34. The molecule has 1 heterocycles. The van der Waals surface area contributed by atoms with Crippen molar-refractivity contribution in [3.63, 3.8) is 0 Å². The molecule has 0 radical (unpaired) electrons. The minimum atomic E-state index is -3.25. The maximum atomic E-state index is 13.6. The number of nitrogens with zero attached hydrogens (tertiary/aromatic N) is 2. The van der Waals surface area contributed by atoms with Gasteiger partial charge < -0.3 is 19.3 Å². The van der Waals surface area contributed by atoms with Gasteiger partial charge in [-0.3, -0.25) is 4.79 Å². The Bertz CT molecular complexity index is 1150. The Hall–Kier alpha value is -4.02. The first-order chi connectivity index (χ1) is 17.5. The van der Waals surface area contributed by atoms with E-state index in [2.05, 4.69) is 5.10 Å². The quantitative estimate of drug-likeness (QED) is 0.366. The van der Waals surface area contributed by atoms with Gasteiger partial charge in [-0.1, -0.05) is 50.2 Å². The molecule has 37 heavy (non-hydrogen) atoms. The molecule has 11 heteroatoms. The highest BCUT2D eigenvalue weighted by Gasteiger charge is 2.41. The number of benzene rings is 2. The van der Waals surface area contributed by atoms with E-state index in [9.17, 15) is 27.9 Å². The average molecular weight is 523 g/mol. The fraction of sp³-hybridized carbons (Fsp3) is 0.346. The van der Waals surface area contributed by atoms with Crippen molar-refractivity contribution in [1.29, 1.82) is 0 Å². The van der Waals surface area contributed by atoms with Crippen molar-refractivity contribution >= 4 is 11.9 Å². The standard InChI is InChI=1S/C19H21F3N2O5.C7H8O/c1-11(25)29-15(18(26)27)19(2,3)13-6-4-5-7-14(13)28-10-12-8-9-23-24(12)17(22)16(20)21;1-8-7-5-3-2-4-6-7/h4-9,15-17H,10H2,1-3H3,(H,26,27);2-6H,1H3. The van der Waals surface area contributed by atoms with Gasteiger partial charge in [-0.15, -0.1) is 0 Å². The van der Waals surface area contributed by atoms with Gasteiger partial charge in [-0.05, 0) is 24.3 Å². The Morgan fingerprint density at radius 2 is 1.65 bits per heavy atom. The van der Waals surface area contributed by atoms with Crippen LogP contribution >= 0.6 is 0 Å². The van der Waals surface area contributed by atoms with Crippen LogP contribution in [0.4, 0.5) is 13.2 Å². The molecule has 0 spiro atoms. The third kappa shape index (κ3) is 7.99. The first-order valence-corrected chi connectivity index (χ1v) is 11.1. The number of carboxylic acid groups (broad SMARTS) is 1. The highest BCUT2D eigenvalue weighted by atomic mass is 19.3. The minimum absolute atomic E-state index is 0.0696. The molecular weight excluding hydrogens is 493 g/mol. The predicted molar refractivity (Wildman–Crippen MR) is 128 cm³/mol. The van der Waals surface area contributed by atoms with Gasteiger partial charge in [0.25, 0.3) is 12.7 Å². The Balaban J connectivity index is 0.000000510. The van der Waals surface area contributed by atoms with E-state index in [1.54, 1.807) is 45.2 Å². The summed E-state index contributed by atoms with van der Waals surface area (Å²) >= 11 is 0. The summed E-state index contributed by atoms with van der Waals surface area (Å²) in [5.74, 6) is -0.951. The highest BCUT2D eigenvalue weighted by molar-refractivity contribution is 5.79. The molecular formula is C26H29F3N2O6. The molecule has 8 nitrogen and oxygen atoms in total. The third-order valence-electron chi connectivity index (χ3n) is 5.29. The molecule has 0 aliphatic heterocycles. The van der Waals surface area contributed by atoms with Gasteiger partial charge in [0.15, 0.2) is 0 Å². The number of carbonyl (C=O) groups is 2. The largest absolute Gasteiger partial charge is 0.497 e. The van der Waals surface area contributed by atoms with E-state index in [1.807, 2.05) is 30.3 Å². The van der Waals surface area contributed by atoms with Gasteiger partial charge in [0.1, 0.15) is 18.1 Å². The molecule has 2 atom stereocenters. The number of aliphatic carboxylic acids is 1. The van der Waals surface area contributed by atoms with Crippen LogP contribution in [-0.4, -0.2) is 46.5 Å². The van der Waals surface area contributed by atoms with Crippen LogP contribution in [0.1, 0.15) is 38.3 Å². The number of rotatable bonds is 10. The second-order valence-corrected chi connectivity index (χ2v) is 8.33. The van der Waals surface area contributed by atoms with E-state index >= 15 is 0 Å². The summed E-state index contributed by atoms with van der Waals surface area (Å²) in [5, 5.41) is 13.0. The van der Waals surface area contributed by atoms with E-state index in [0.717, 1.165) is 12.7 Å². The number of hydrogen-bond acceptors (Lipinski definition) is 6. The zero-order valence-electron chi connectivity index (χ0n) is 20.8. The fourth-order valence-corrected chi connectivity index (χ4v) is 3.43. The van der Waals surface area contributed by atoms with E-state index in [-0.39, 0.29) is 18.1 Å². The molecule has 3 aromatic rings. The van der Waals surface area contributed by atoms with Gasteiger partial charge in [0.2, 0.25) is 6.10 Å². The highest BCUT2D eigenvalue weighted by Crippen LogP contribution is 2.36. The number of esters is 1. The summed E-state index contributed by atoms with van der Waals surface area (Å²) in [6.07, 6.45) is -6.19. The number of hydrogen-bond donors (Lipinski definition) is 1. The lowest BCUT2D eigenvalue weighted by Gasteiger charge is -2.32. The van der Waals surface area contributed by atoms with Crippen LogP contribution in [0.2, 0.25) is 0 Å². The van der Waals surface area contributed by atoms with Crippen molar-refractivity contribution in [3.8, 4) is 11.5 Å². The van der Waals surface area contributed by atoms with Gasteiger partial charge in [0.05, 0.1) is 12.8 Å². The number of alkyl halides is 3. The Morgan fingerprint density at radius 1 is 1.03 bits per heavy atom. The molecule has 0 bridgehead atoms. The Kier molecular flexibility index (Phi) is 10.5. The van der Waals surface area contributed by atoms with E-state index < -0.39 is 36.2 Å². The number of aromatic nitrogens is 2. The summed E-state index contributed by atoms with van der Waals surface area (Å²) in [6.45, 7) is 3.95. The van der Waals surface area contributed by atoms with Crippen LogP contribution in [-0.2, 0) is 26.3 Å². The van der Waals surface area contributed by atoms with Crippen LogP contribution < -0.4 is 9.47 Å². The number of para-hydroxylation sites is 2. The molecule has 3 rings (SSSR count). The van der Waals surface area contributed by atoms with Gasteiger partial charge in [-0.25, -0.2) is 22.6 Å². The molecule has 1 N–H and O–H groups in total. The number of methoxy groups -OCH3 is 1. The predicted octanol–water partition coefficient (Wildman–Crippen LogP) is 5.18. The number of ether oxygens (including phenoxy) is 3. The van der Waals surface area contributed by atoms with E-state index in [4.69, 9.17) is 14.2 Å².